The van der Waals surface area contributed by atoms with E-state index in [4.69, 9.17) is 4.74 Å². The van der Waals surface area contributed by atoms with Gasteiger partial charge in [0.15, 0.2) is 6.10 Å². The minimum Gasteiger partial charge on any atom is -0.508 e. The number of carbonyl (C=O) groups excluding carboxylic acids is 2. The number of aryl methyl sites for hydroxylation is 1. The number of carbonyl (C=O) groups is 2. The molecule has 0 bridgehead atoms. The van der Waals surface area contributed by atoms with Crippen molar-refractivity contribution >= 4 is 39.4 Å². The molecule has 0 radical (unpaired) electrons. The molecule has 0 aliphatic heterocycles. The Morgan fingerprint density at radius 1 is 1.00 bits per heavy atom. The van der Waals surface area contributed by atoms with E-state index in [1.165, 1.54) is 31.2 Å². The highest BCUT2D eigenvalue weighted by molar-refractivity contribution is 6.10. The quantitative estimate of drug-likeness (QED) is 0.474. The van der Waals surface area contributed by atoms with Gasteiger partial charge in [-0.1, -0.05) is 18.2 Å². The average Bonchev–Trinajstić information content (AvgIpc) is 3.07. The number of phenolic OH excluding ortho intramolecular Hbond substituents is 1. The number of esters is 1. The molecule has 2 N–H and O–H groups in total. The molecule has 4 rings (SSSR count). The van der Waals surface area contributed by atoms with E-state index < -0.39 is 18.0 Å². The number of ether oxygens (including phenoxy) is 1. The molecule has 0 aliphatic rings. The number of hydrogen-bond acceptors (Lipinski definition) is 4. The van der Waals surface area contributed by atoms with E-state index in [0.29, 0.717) is 5.69 Å². The van der Waals surface area contributed by atoms with Crippen LogP contribution < -0.4 is 5.32 Å². The zero-order valence-electron chi connectivity index (χ0n) is 16.8. The fraction of sp³-hybridized carbons (Fsp3) is 0.167. The fourth-order valence-electron chi connectivity index (χ4n) is 3.60. The first-order valence-corrected chi connectivity index (χ1v) is 9.80. The van der Waals surface area contributed by atoms with Crippen LogP contribution in [0.2, 0.25) is 0 Å². The minimum absolute atomic E-state index is 0.0529. The number of aromatic hydroxyl groups is 1. The van der Waals surface area contributed by atoms with Crippen LogP contribution in [0.1, 0.15) is 24.2 Å². The molecular weight excluding hydrogens is 380 g/mol. The Morgan fingerprint density at radius 3 is 2.43 bits per heavy atom. The Bertz CT molecular complexity index is 1240. The van der Waals surface area contributed by atoms with Crippen molar-refractivity contribution in [2.75, 3.05) is 5.32 Å². The number of fused-ring (bicyclic) bond motifs is 3. The monoisotopic (exact) mass is 402 g/mol. The Balaban J connectivity index is 1.53. The summed E-state index contributed by atoms with van der Waals surface area (Å²) in [5, 5.41) is 14.3. The molecular formula is C24H22N2O4. The van der Waals surface area contributed by atoms with Crippen molar-refractivity contribution in [3.8, 4) is 5.75 Å². The molecule has 4 aromatic rings. The third-order valence-corrected chi connectivity index (χ3v) is 5.11. The highest BCUT2D eigenvalue weighted by Crippen LogP contribution is 2.31. The van der Waals surface area contributed by atoms with E-state index in [2.05, 4.69) is 28.9 Å². The van der Waals surface area contributed by atoms with Gasteiger partial charge in [0.1, 0.15) is 5.75 Å². The molecule has 0 fully saturated rings. The summed E-state index contributed by atoms with van der Waals surface area (Å²) in [7, 11) is 0. The Hall–Kier alpha value is -3.80. The molecule has 1 atom stereocenters. The first kappa shape index (κ1) is 19.5. The van der Waals surface area contributed by atoms with Crippen LogP contribution in [0, 0.1) is 0 Å². The van der Waals surface area contributed by atoms with Crippen LogP contribution in [0.4, 0.5) is 5.69 Å². The van der Waals surface area contributed by atoms with Crippen LogP contribution >= 0.6 is 0 Å². The number of nitrogens with one attached hydrogen (secondary N) is 1. The lowest BCUT2D eigenvalue weighted by Gasteiger charge is -2.14. The predicted molar refractivity (Wildman–Crippen MR) is 117 cm³/mol. The van der Waals surface area contributed by atoms with Crippen LogP contribution in [0.3, 0.4) is 0 Å². The van der Waals surface area contributed by atoms with Crippen LogP contribution in [0.25, 0.3) is 21.8 Å². The first-order valence-electron chi connectivity index (χ1n) is 9.80. The molecule has 152 valence electrons. The molecule has 30 heavy (non-hydrogen) atoms. The van der Waals surface area contributed by atoms with Crippen molar-refractivity contribution in [1.82, 2.24) is 4.57 Å². The van der Waals surface area contributed by atoms with Crippen molar-refractivity contribution in [1.29, 1.82) is 0 Å². The average molecular weight is 402 g/mol. The van der Waals surface area contributed by atoms with E-state index in [1.54, 1.807) is 0 Å². The summed E-state index contributed by atoms with van der Waals surface area (Å²) < 4.78 is 7.49. The molecule has 1 amide bonds. The number of nitrogens with zero attached hydrogens (tertiary/aromatic N) is 1. The predicted octanol–water partition coefficient (Wildman–Crippen LogP) is 4.70. The van der Waals surface area contributed by atoms with Gasteiger partial charge in [-0.2, -0.15) is 0 Å². The summed E-state index contributed by atoms with van der Waals surface area (Å²) in [6.07, 6.45) is -0.973. The second kappa shape index (κ2) is 7.91. The molecule has 0 saturated heterocycles. The lowest BCUT2D eigenvalue weighted by molar-refractivity contribution is -0.123. The minimum atomic E-state index is -0.973. The smallest absolute Gasteiger partial charge is 0.338 e. The zero-order valence-corrected chi connectivity index (χ0v) is 16.8. The maximum absolute atomic E-state index is 12.6. The Labute approximate surface area is 173 Å². The van der Waals surface area contributed by atoms with Crippen molar-refractivity contribution < 1.29 is 19.4 Å². The normalized spacial score (nSPS) is 12.1. The van der Waals surface area contributed by atoms with Crippen LogP contribution in [0.15, 0.2) is 66.7 Å². The molecule has 6 nitrogen and oxygen atoms in total. The standard InChI is InChI=1S/C24H22N2O4/c1-3-26-21-7-5-4-6-19(21)20-14-17(10-13-22(20)26)25-23(28)15(2)30-24(29)16-8-11-18(27)12-9-16/h4-15,27H,3H2,1-2H3,(H,25,28)/t15-/m0/s1. The van der Waals surface area contributed by atoms with Gasteiger partial charge in [-0.05, 0) is 62.4 Å². The number of aromatic nitrogens is 1. The molecule has 1 heterocycles. The summed E-state index contributed by atoms with van der Waals surface area (Å²) in [6, 6.07) is 19.6. The fourth-order valence-corrected chi connectivity index (χ4v) is 3.60. The van der Waals surface area contributed by atoms with E-state index in [9.17, 15) is 14.7 Å². The Kier molecular flexibility index (Phi) is 5.14. The van der Waals surface area contributed by atoms with Gasteiger partial charge in [-0.3, -0.25) is 4.79 Å². The van der Waals surface area contributed by atoms with Crippen LogP contribution in [-0.4, -0.2) is 27.7 Å². The zero-order chi connectivity index (χ0) is 21.3. The summed E-state index contributed by atoms with van der Waals surface area (Å²) in [5.74, 6) is -0.989. The van der Waals surface area contributed by atoms with Gasteiger partial charge in [-0.15, -0.1) is 0 Å². The largest absolute Gasteiger partial charge is 0.508 e. The number of anilines is 1. The molecule has 0 saturated carbocycles. The number of benzene rings is 3. The van der Waals surface area contributed by atoms with Crippen molar-refractivity contribution in [2.45, 2.75) is 26.5 Å². The lowest BCUT2D eigenvalue weighted by Crippen LogP contribution is -2.30. The topological polar surface area (TPSA) is 80.6 Å². The lowest BCUT2D eigenvalue weighted by atomic mass is 10.1. The van der Waals surface area contributed by atoms with Crippen molar-refractivity contribution in [3.63, 3.8) is 0 Å². The van der Waals surface area contributed by atoms with Gasteiger partial charge >= 0.3 is 5.97 Å². The molecule has 0 unspecified atom stereocenters. The SMILES string of the molecule is CCn1c2ccccc2c2cc(NC(=O)[C@H](C)OC(=O)c3ccc(O)cc3)ccc21. The highest BCUT2D eigenvalue weighted by Gasteiger charge is 2.19. The van der Waals surface area contributed by atoms with E-state index >= 15 is 0 Å². The van der Waals surface area contributed by atoms with Crippen LogP contribution in [0.5, 0.6) is 5.75 Å². The molecule has 1 aromatic heterocycles. The molecule has 3 aromatic carbocycles. The summed E-state index contributed by atoms with van der Waals surface area (Å²) in [5.41, 5.74) is 3.15. The van der Waals surface area contributed by atoms with Crippen molar-refractivity contribution in [3.05, 3.63) is 72.3 Å². The van der Waals surface area contributed by atoms with Gasteiger partial charge in [0.05, 0.1) is 5.56 Å². The number of phenols is 1. The summed E-state index contributed by atoms with van der Waals surface area (Å²) in [6.45, 7) is 4.47. The van der Waals surface area contributed by atoms with Crippen molar-refractivity contribution in [2.24, 2.45) is 0 Å². The third-order valence-electron chi connectivity index (χ3n) is 5.11. The number of rotatable bonds is 5. The van der Waals surface area contributed by atoms with Gasteiger partial charge in [0.25, 0.3) is 5.91 Å². The van der Waals surface area contributed by atoms with E-state index in [-0.39, 0.29) is 11.3 Å². The van der Waals surface area contributed by atoms with E-state index in [0.717, 1.165) is 28.4 Å². The van der Waals surface area contributed by atoms with Gasteiger partial charge < -0.3 is 19.7 Å². The second-order valence-electron chi connectivity index (χ2n) is 7.08. The highest BCUT2D eigenvalue weighted by atomic mass is 16.5. The van der Waals surface area contributed by atoms with Gasteiger partial charge in [0, 0.05) is 34.0 Å². The number of para-hydroxylation sites is 1. The summed E-state index contributed by atoms with van der Waals surface area (Å²) in [4.78, 5) is 24.8. The second-order valence-corrected chi connectivity index (χ2v) is 7.08. The molecule has 6 heteroatoms. The summed E-state index contributed by atoms with van der Waals surface area (Å²) >= 11 is 0. The van der Waals surface area contributed by atoms with E-state index in [1.807, 2.05) is 30.3 Å². The maximum atomic E-state index is 12.6. The van der Waals surface area contributed by atoms with Gasteiger partial charge in [0.2, 0.25) is 0 Å². The molecule has 0 aliphatic carbocycles. The number of amides is 1. The first-order chi connectivity index (χ1) is 14.5. The number of hydrogen-bond donors (Lipinski definition) is 2. The van der Waals surface area contributed by atoms with Gasteiger partial charge in [-0.25, -0.2) is 4.79 Å². The van der Waals surface area contributed by atoms with Crippen LogP contribution in [-0.2, 0) is 16.1 Å². The third kappa shape index (κ3) is 3.59. The Morgan fingerprint density at radius 2 is 1.70 bits per heavy atom. The molecule has 0 spiro atoms. The maximum Gasteiger partial charge on any atom is 0.338 e.